The van der Waals surface area contributed by atoms with Crippen molar-refractivity contribution in [1.29, 1.82) is 0 Å². The van der Waals surface area contributed by atoms with Gasteiger partial charge in [0, 0.05) is 12.0 Å². The van der Waals surface area contributed by atoms with Crippen LogP contribution < -0.4 is 4.74 Å². The van der Waals surface area contributed by atoms with Crippen LogP contribution in [0.25, 0.3) is 22.9 Å². The molecule has 1 aliphatic carbocycles. The van der Waals surface area contributed by atoms with Gasteiger partial charge in [0.25, 0.3) is 0 Å². The molecule has 1 atom stereocenters. The molecule has 1 aliphatic rings. The maximum atomic E-state index is 12.4. The minimum Gasteiger partial charge on any atom is -0.496 e. The van der Waals surface area contributed by atoms with E-state index >= 15 is 0 Å². The first-order chi connectivity index (χ1) is 14.2. The molecule has 1 unspecified atom stereocenters. The molecule has 0 aliphatic heterocycles. The third kappa shape index (κ3) is 2.84. The fourth-order valence-corrected chi connectivity index (χ4v) is 4.50. The van der Waals surface area contributed by atoms with E-state index in [9.17, 15) is 5.11 Å². The zero-order chi connectivity index (χ0) is 19.8. The van der Waals surface area contributed by atoms with Gasteiger partial charge in [-0.2, -0.15) is 0 Å². The molecule has 142 valence electrons. The number of rotatable bonds is 2. The van der Waals surface area contributed by atoms with Gasteiger partial charge < -0.3 is 9.84 Å². The predicted molar refractivity (Wildman–Crippen MR) is 119 cm³/mol. The highest BCUT2D eigenvalue weighted by atomic mass is 16.5. The highest BCUT2D eigenvalue weighted by Gasteiger charge is 2.38. The van der Waals surface area contributed by atoms with E-state index in [2.05, 4.69) is 42.5 Å². The summed E-state index contributed by atoms with van der Waals surface area (Å²) in [6, 6.07) is 28.5. The topological polar surface area (TPSA) is 29.5 Å². The Bertz CT molecular complexity index is 1240. The molecule has 5 rings (SSSR count). The van der Waals surface area contributed by atoms with Crippen LogP contribution in [0.1, 0.15) is 27.8 Å². The highest BCUT2D eigenvalue weighted by Crippen LogP contribution is 2.45. The van der Waals surface area contributed by atoms with Crippen molar-refractivity contribution in [1.82, 2.24) is 0 Å². The van der Waals surface area contributed by atoms with Crippen LogP contribution in [0.3, 0.4) is 0 Å². The Labute approximate surface area is 170 Å². The fraction of sp³-hybridized carbons (Fsp3) is 0.111. The predicted octanol–water partition coefficient (Wildman–Crippen LogP) is 5.81. The Hall–Kier alpha value is -3.36. The zero-order valence-electron chi connectivity index (χ0n) is 16.3. The van der Waals surface area contributed by atoms with E-state index in [0.29, 0.717) is 12.2 Å². The second-order valence-electron chi connectivity index (χ2n) is 7.52. The standard InChI is InChI=1S/C27H22O2/c1-29-25-17-16-20-9-4-6-12-23(20)26(25)27(28)18-22-11-3-2-8-19(22)14-15-21-10-5-7-13-24(21)27/h2-17,28H,18H2,1H3/b15-14-. The third-order valence-electron chi connectivity index (χ3n) is 5.87. The lowest BCUT2D eigenvalue weighted by Gasteiger charge is -2.34. The molecule has 0 saturated heterocycles. The minimum atomic E-state index is -1.23. The molecular weight excluding hydrogens is 356 g/mol. The molecule has 0 spiro atoms. The summed E-state index contributed by atoms with van der Waals surface area (Å²) in [6.07, 6.45) is 4.69. The van der Waals surface area contributed by atoms with Crippen LogP contribution in [-0.4, -0.2) is 12.2 Å². The van der Waals surface area contributed by atoms with Crippen molar-refractivity contribution >= 4 is 22.9 Å². The van der Waals surface area contributed by atoms with Crippen molar-refractivity contribution in [3.63, 3.8) is 0 Å². The fourth-order valence-electron chi connectivity index (χ4n) is 4.50. The summed E-state index contributed by atoms with van der Waals surface area (Å²) >= 11 is 0. The summed E-state index contributed by atoms with van der Waals surface area (Å²) in [4.78, 5) is 0. The van der Waals surface area contributed by atoms with Gasteiger partial charge >= 0.3 is 0 Å². The lowest BCUT2D eigenvalue weighted by molar-refractivity contribution is 0.0795. The first kappa shape index (κ1) is 17.7. The van der Waals surface area contributed by atoms with Gasteiger partial charge in [0.1, 0.15) is 11.4 Å². The van der Waals surface area contributed by atoms with Crippen LogP contribution >= 0.6 is 0 Å². The quantitative estimate of drug-likeness (QED) is 0.477. The largest absolute Gasteiger partial charge is 0.496 e. The van der Waals surface area contributed by atoms with Gasteiger partial charge in [-0.05, 0) is 39.1 Å². The van der Waals surface area contributed by atoms with Gasteiger partial charge in [-0.1, -0.05) is 91.0 Å². The number of ether oxygens (including phenoxy) is 1. The molecule has 2 nitrogen and oxygen atoms in total. The molecule has 0 saturated carbocycles. The monoisotopic (exact) mass is 378 g/mol. The number of aliphatic hydroxyl groups is 1. The van der Waals surface area contributed by atoms with E-state index < -0.39 is 5.60 Å². The SMILES string of the molecule is COc1ccc2ccccc2c1C1(O)Cc2ccccc2/C=C\c2ccccc21. The Morgan fingerprint density at radius 3 is 2.31 bits per heavy atom. The van der Waals surface area contributed by atoms with Crippen molar-refractivity contribution in [2.24, 2.45) is 0 Å². The number of benzene rings is 4. The summed E-state index contributed by atoms with van der Waals surface area (Å²) in [7, 11) is 1.67. The number of methoxy groups -OCH3 is 1. The maximum absolute atomic E-state index is 12.4. The molecule has 2 heteroatoms. The average molecular weight is 378 g/mol. The molecule has 0 radical (unpaired) electrons. The van der Waals surface area contributed by atoms with Crippen molar-refractivity contribution in [3.8, 4) is 5.75 Å². The zero-order valence-corrected chi connectivity index (χ0v) is 16.3. The molecule has 0 amide bonds. The van der Waals surface area contributed by atoms with Crippen LogP contribution in [0, 0.1) is 0 Å². The van der Waals surface area contributed by atoms with Crippen LogP contribution in [-0.2, 0) is 12.0 Å². The van der Waals surface area contributed by atoms with Crippen LogP contribution in [0.5, 0.6) is 5.75 Å². The Morgan fingerprint density at radius 2 is 1.45 bits per heavy atom. The first-order valence-electron chi connectivity index (χ1n) is 9.85. The molecule has 1 N–H and O–H groups in total. The van der Waals surface area contributed by atoms with Gasteiger partial charge in [0.05, 0.1) is 7.11 Å². The van der Waals surface area contributed by atoms with Gasteiger partial charge in [-0.3, -0.25) is 0 Å². The number of fused-ring (bicyclic) bond motifs is 3. The van der Waals surface area contributed by atoms with Crippen LogP contribution in [0.15, 0.2) is 84.9 Å². The van der Waals surface area contributed by atoms with Crippen molar-refractivity contribution in [3.05, 3.63) is 113 Å². The lowest BCUT2D eigenvalue weighted by Crippen LogP contribution is -2.32. The van der Waals surface area contributed by atoms with Gasteiger partial charge in [-0.25, -0.2) is 0 Å². The summed E-state index contributed by atoms with van der Waals surface area (Å²) < 4.78 is 5.77. The normalized spacial score (nSPS) is 19.0. The number of hydrogen-bond donors (Lipinski definition) is 1. The summed E-state index contributed by atoms with van der Waals surface area (Å²) in [5.74, 6) is 0.697. The van der Waals surface area contributed by atoms with E-state index in [1.807, 2.05) is 54.6 Å². The smallest absolute Gasteiger partial charge is 0.125 e. The molecule has 0 fully saturated rings. The number of hydrogen-bond acceptors (Lipinski definition) is 2. The molecular formula is C27H22O2. The molecule has 0 heterocycles. The third-order valence-corrected chi connectivity index (χ3v) is 5.87. The second-order valence-corrected chi connectivity index (χ2v) is 7.52. The molecule has 4 aromatic rings. The van der Waals surface area contributed by atoms with E-state index in [1.165, 1.54) is 0 Å². The van der Waals surface area contributed by atoms with Gasteiger partial charge in [0.2, 0.25) is 0 Å². The summed E-state index contributed by atoms with van der Waals surface area (Å²) in [5.41, 5.74) is 3.72. The maximum Gasteiger partial charge on any atom is 0.125 e. The van der Waals surface area contributed by atoms with Gasteiger partial charge in [0.15, 0.2) is 0 Å². The van der Waals surface area contributed by atoms with E-state index in [4.69, 9.17) is 4.74 Å². The average Bonchev–Trinajstić information content (AvgIpc) is 2.76. The van der Waals surface area contributed by atoms with Gasteiger partial charge in [-0.15, -0.1) is 0 Å². The lowest BCUT2D eigenvalue weighted by atomic mass is 9.75. The van der Waals surface area contributed by atoms with E-state index in [-0.39, 0.29) is 0 Å². The van der Waals surface area contributed by atoms with Crippen LogP contribution in [0.2, 0.25) is 0 Å². The molecule has 4 aromatic carbocycles. The molecule has 29 heavy (non-hydrogen) atoms. The summed E-state index contributed by atoms with van der Waals surface area (Å²) in [5, 5.41) is 14.5. The van der Waals surface area contributed by atoms with Crippen molar-refractivity contribution in [2.75, 3.05) is 7.11 Å². The molecule has 0 bridgehead atoms. The summed E-state index contributed by atoms with van der Waals surface area (Å²) in [6.45, 7) is 0. The van der Waals surface area contributed by atoms with E-state index in [1.54, 1.807) is 7.11 Å². The molecule has 0 aromatic heterocycles. The minimum absolute atomic E-state index is 0.467. The van der Waals surface area contributed by atoms with Crippen LogP contribution in [0.4, 0.5) is 0 Å². The highest BCUT2D eigenvalue weighted by molar-refractivity contribution is 5.90. The Morgan fingerprint density at radius 1 is 0.759 bits per heavy atom. The first-order valence-corrected chi connectivity index (χ1v) is 9.85. The van der Waals surface area contributed by atoms with Crippen molar-refractivity contribution in [2.45, 2.75) is 12.0 Å². The van der Waals surface area contributed by atoms with Crippen molar-refractivity contribution < 1.29 is 9.84 Å². The Balaban J connectivity index is 1.89. The Kier molecular flexibility index (Phi) is 4.22. The second kappa shape index (κ2) is 6.91. The van der Waals surface area contributed by atoms with E-state index in [0.717, 1.165) is 38.6 Å².